The summed E-state index contributed by atoms with van der Waals surface area (Å²) in [5.74, 6) is 0. The predicted octanol–water partition coefficient (Wildman–Crippen LogP) is 2.34. The van der Waals surface area contributed by atoms with E-state index in [-0.39, 0.29) is 0 Å². The first-order valence-electron chi connectivity index (χ1n) is 5.58. The summed E-state index contributed by atoms with van der Waals surface area (Å²) in [6.07, 6.45) is 1.84. The quantitative estimate of drug-likeness (QED) is 0.854. The van der Waals surface area contributed by atoms with Crippen molar-refractivity contribution in [3.8, 4) is 11.3 Å². The van der Waals surface area contributed by atoms with E-state index >= 15 is 0 Å². The molecule has 0 amide bonds. The van der Waals surface area contributed by atoms with E-state index in [2.05, 4.69) is 37.1 Å². The standard InChI is InChI=1S/C13H17N3/c1-3-16-13(6-7-15-16)12-8-11(9-14)5-4-10(12)2/h4-8H,3,9,14H2,1-2H3. The Hall–Kier alpha value is -1.61. The first kappa shape index (κ1) is 10.9. The van der Waals surface area contributed by atoms with Crippen LogP contribution in [-0.4, -0.2) is 9.78 Å². The van der Waals surface area contributed by atoms with Crippen molar-refractivity contribution >= 4 is 0 Å². The molecule has 16 heavy (non-hydrogen) atoms. The number of nitrogens with zero attached hydrogens (tertiary/aromatic N) is 2. The summed E-state index contributed by atoms with van der Waals surface area (Å²) in [5, 5.41) is 4.29. The molecule has 0 saturated heterocycles. The molecule has 0 aliphatic rings. The van der Waals surface area contributed by atoms with Crippen LogP contribution in [0.1, 0.15) is 18.1 Å². The van der Waals surface area contributed by atoms with Gasteiger partial charge < -0.3 is 5.73 Å². The molecule has 2 aromatic rings. The molecule has 1 aromatic heterocycles. The molecule has 84 valence electrons. The van der Waals surface area contributed by atoms with Gasteiger partial charge in [0, 0.05) is 24.8 Å². The first-order valence-corrected chi connectivity index (χ1v) is 5.58. The summed E-state index contributed by atoms with van der Waals surface area (Å²) in [5.41, 5.74) is 10.5. The van der Waals surface area contributed by atoms with Gasteiger partial charge in [-0.2, -0.15) is 5.10 Å². The van der Waals surface area contributed by atoms with E-state index in [0.717, 1.165) is 17.8 Å². The predicted molar refractivity (Wildman–Crippen MR) is 66.0 cm³/mol. The fourth-order valence-corrected chi connectivity index (χ4v) is 1.89. The lowest BCUT2D eigenvalue weighted by Gasteiger charge is -2.09. The van der Waals surface area contributed by atoms with Crippen LogP contribution in [0.15, 0.2) is 30.5 Å². The molecule has 0 fully saturated rings. The van der Waals surface area contributed by atoms with Crippen LogP contribution >= 0.6 is 0 Å². The molecule has 0 saturated carbocycles. The van der Waals surface area contributed by atoms with Crippen molar-refractivity contribution in [2.45, 2.75) is 26.9 Å². The largest absolute Gasteiger partial charge is 0.326 e. The van der Waals surface area contributed by atoms with E-state index in [9.17, 15) is 0 Å². The van der Waals surface area contributed by atoms with Gasteiger partial charge in [-0.25, -0.2) is 0 Å². The summed E-state index contributed by atoms with van der Waals surface area (Å²) in [7, 11) is 0. The Balaban J connectivity index is 2.54. The zero-order valence-electron chi connectivity index (χ0n) is 9.77. The van der Waals surface area contributed by atoms with Crippen molar-refractivity contribution in [1.29, 1.82) is 0 Å². The van der Waals surface area contributed by atoms with Gasteiger partial charge in [-0.1, -0.05) is 12.1 Å². The summed E-state index contributed by atoms with van der Waals surface area (Å²) in [6.45, 7) is 5.67. The van der Waals surface area contributed by atoms with Crippen LogP contribution in [0.2, 0.25) is 0 Å². The molecular formula is C13H17N3. The Kier molecular flexibility index (Phi) is 3.06. The van der Waals surface area contributed by atoms with Crippen LogP contribution in [-0.2, 0) is 13.1 Å². The van der Waals surface area contributed by atoms with Crippen LogP contribution in [0.4, 0.5) is 0 Å². The fourth-order valence-electron chi connectivity index (χ4n) is 1.89. The van der Waals surface area contributed by atoms with Gasteiger partial charge >= 0.3 is 0 Å². The van der Waals surface area contributed by atoms with Gasteiger partial charge in [0.1, 0.15) is 0 Å². The molecule has 0 aliphatic heterocycles. The lowest BCUT2D eigenvalue weighted by molar-refractivity contribution is 0.667. The Labute approximate surface area is 95.9 Å². The van der Waals surface area contributed by atoms with Gasteiger partial charge in [0.25, 0.3) is 0 Å². The average molecular weight is 215 g/mol. The Morgan fingerprint density at radius 3 is 2.81 bits per heavy atom. The second kappa shape index (κ2) is 4.49. The van der Waals surface area contributed by atoms with Gasteiger partial charge in [0.15, 0.2) is 0 Å². The van der Waals surface area contributed by atoms with E-state index in [4.69, 9.17) is 5.73 Å². The lowest BCUT2D eigenvalue weighted by Crippen LogP contribution is -2.01. The molecule has 3 nitrogen and oxygen atoms in total. The highest BCUT2D eigenvalue weighted by Crippen LogP contribution is 2.24. The van der Waals surface area contributed by atoms with Crippen LogP contribution in [0.5, 0.6) is 0 Å². The molecule has 0 radical (unpaired) electrons. The van der Waals surface area contributed by atoms with E-state index in [1.807, 2.05) is 16.9 Å². The summed E-state index contributed by atoms with van der Waals surface area (Å²) in [6, 6.07) is 8.39. The third-order valence-corrected chi connectivity index (χ3v) is 2.83. The highest BCUT2D eigenvalue weighted by molar-refractivity contribution is 5.64. The molecule has 1 aromatic carbocycles. The molecular weight excluding hydrogens is 198 g/mol. The van der Waals surface area contributed by atoms with E-state index in [1.165, 1.54) is 11.1 Å². The number of rotatable bonds is 3. The molecule has 0 atom stereocenters. The number of aryl methyl sites for hydroxylation is 2. The van der Waals surface area contributed by atoms with Gasteiger partial charge in [0.2, 0.25) is 0 Å². The smallest absolute Gasteiger partial charge is 0.0684 e. The maximum atomic E-state index is 5.67. The number of hydrogen-bond acceptors (Lipinski definition) is 2. The number of benzene rings is 1. The summed E-state index contributed by atoms with van der Waals surface area (Å²) < 4.78 is 2.00. The third-order valence-electron chi connectivity index (χ3n) is 2.83. The molecule has 0 bridgehead atoms. The molecule has 2 rings (SSSR count). The van der Waals surface area contributed by atoms with Crippen molar-refractivity contribution < 1.29 is 0 Å². The Bertz CT molecular complexity index is 486. The van der Waals surface area contributed by atoms with Gasteiger partial charge in [-0.15, -0.1) is 0 Å². The van der Waals surface area contributed by atoms with Crippen molar-refractivity contribution in [1.82, 2.24) is 9.78 Å². The van der Waals surface area contributed by atoms with Gasteiger partial charge in [-0.05, 0) is 37.1 Å². The van der Waals surface area contributed by atoms with Crippen molar-refractivity contribution in [3.05, 3.63) is 41.6 Å². The second-order valence-electron chi connectivity index (χ2n) is 3.89. The molecule has 0 spiro atoms. The van der Waals surface area contributed by atoms with Crippen molar-refractivity contribution in [3.63, 3.8) is 0 Å². The van der Waals surface area contributed by atoms with Crippen LogP contribution in [0, 0.1) is 6.92 Å². The number of aromatic nitrogens is 2. The maximum Gasteiger partial charge on any atom is 0.0684 e. The minimum atomic E-state index is 0.577. The minimum Gasteiger partial charge on any atom is -0.326 e. The zero-order chi connectivity index (χ0) is 11.5. The number of nitrogens with two attached hydrogens (primary N) is 1. The third kappa shape index (κ3) is 1.86. The highest BCUT2D eigenvalue weighted by atomic mass is 15.3. The Morgan fingerprint density at radius 1 is 1.31 bits per heavy atom. The molecule has 1 heterocycles. The summed E-state index contributed by atoms with van der Waals surface area (Å²) >= 11 is 0. The fraction of sp³-hybridized carbons (Fsp3) is 0.308. The Morgan fingerprint density at radius 2 is 2.12 bits per heavy atom. The molecule has 0 unspecified atom stereocenters. The molecule has 2 N–H and O–H groups in total. The normalized spacial score (nSPS) is 10.7. The van der Waals surface area contributed by atoms with Gasteiger partial charge in [0.05, 0.1) is 5.69 Å². The maximum absolute atomic E-state index is 5.67. The topological polar surface area (TPSA) is 43.8 Å². The summed E-state index contributed by atoms with van der Waals surface area (Å²) in [4.78, 5) is 0. The van der Waals surface area contributed by atoms with E-state index in [1.54, 1.807) is 0 Å². The van der Waals surface area contributed by atoms with Crippen molar-refractivity contribution in [2.75, 3.05) is 0 Å². The monoisotopic (exact) mass is 215 g/mol. The van der Waals surface area contributed by atoms with Crippen molar-refractivity contribution in [2.24, 2.45) is 5.73 Å². The average Bonchev–Trinajstić information content (AvgIpc) is 2.77. The van der Waals surface area contributed by atoms with E-state index in [0.29, 0.717) is 6.54 Å². The van der Waals surface area contributed by atoms with Crippen LogP contribution < -0.4 is 5.73 Å². The van der Waals surface area contributed by atoms with E-state index < -0.39 is 0 Å². The zero-order valence-corrected chi connectivity index (χ0v) is 9.77. The molecule has 3 heteroatoms. The first-order chi connectivity index (χ1) is 7.76. The lowest BCUT2D eigenvalue weighted by atomic mass is 10.0. The molecule has 0 aliphatic carbocycles. The SMILES string of the molecule is CCn1nccc1-c1cc(CN)ccc1C. The number of hydrogen-bond donors (Lipinski definition) is 1. The van der Waals surface area contributed by atoms with Crippen LogP contribution in [0.25, 0.3) is 11.3 Å². The highest BCUT2D eigenvalue weighted by Gasteiger charge is 2.07. The second-order valence-corrected chi connectivity index (χ2v) is 3.89. The van der Waals surface area contributed by atoms with Gasteiger partial charge in [-0.3, -0.25) is 4.68 Å². The van der Waals surface area contributed by atoms with Crippen LogP contribution in [0.3, 0.4) is 0 Å². The minimum absolute atomic E-state index is 0.577.